The number of hydrogen-bond acceptors (Lipinski definition) is 2. The Hall–Kier alpha value is -1.67. The van der Waals surface area contributed by atoms with Gasteiger partial charge in [-0.05, 0) is 43.2 Å². The highest BCUT2D eigenvalue weighted by atomic mass is 35.5. The second kappa shape index (κ2) is 5.32. The fraction of sp³-hybridized carbons (Fsp3) is 0.200. The van der Waals surface area contributed by atoms with Gasteiger partial charge in [0.25, 0.3) is 0 Å². The van der Waals surface area contributed by atoms with E-state index >= 15 is 0 Å². The van der Waals surface area contributed by atoms with Gasteiger partial charge in [0.15, 0.2) is 0 Å². The Morgan fingerprint density at radius 3 is 2.67 bits per heavy atom. The monoisotopic (exact) mass is 261 g/mol. The van der Waals surface area contributed by atoms with E-state index in [-0.39, 0.29) is 5.75 Å². The van der Waals surface area contributed by atoms with Gasteiger partial charge in [0.1, 0.15) is 5.75 Å². The molecule has 0 bridgehead atoms. The number of halogens is 1. The Kier molecular flexibility index (Phi) is 3.78. The molecule has 0 unspecified atom stereocenters. The number of benzene rings is 2. The summed E-state index contributed by atoms with van der Waals surface area (Å²) in [5, 5.41) is 13.7. The summed E-state index contributed by atoms with van der Waals surface area (Å²) in [6.07, 6.45) is 0. The maximum atomic E-state index is 9.77. The third-order valence-electron chi connectivity index (χ3n) is 2.94. The molecule has 0 saturated heterocycles. The zero-order chi connectivity index (χ0) is 13.1. The minimum absolute atomic E-state index is 0.223. The molecule has 0 fully saturated rings. The molecular formula is C15H16ClNO. The van der Waals surface area contributed by atoms with E-state index in [1.165, 1.54) is 11.1 Å². The molecular weight excluding hydrogens is 246 g/mol. The number of aryl methyl sites for hydroxylation is 2. The van der Waals surface area contributed by atoms with Crippen LogP contribution in [0.2, 0.25) is 5.02 Å². The molecule has 18 heavy (non-hydrogen) atoms. The fourth-order valence-electron chi connectivity index (χ4n) is 1.83. The van der Waals surface area contributed by atoms with Gasteiger partial charge in [-0.15, -0.1) is 0 Å². The lowest BCUT2D eigenvalue weighted by Gasteiger charge is -2.12. The second-order valence-corrected chi connectivity index (χ2v) is 4.82. The molecule has 2 nitrogen and oxygen atoms in total. The number of phenols is 1. The van der Waals surface area contributed by atoms with Crippen molar-refractivity contribution in [2.45, 2.75) is 20.4 Å². The molecule has 2 aromatic carbocycles. The quantitative estimate of drug-likeness (QED) is 0.865. The van der Waals surface area contributed by atoms with E-state index in [0.29, 0.717) is 11.6 Å². The largest absolute Gasteiger partial charge is 0.508 e. The van der Waals surface area contributed by atoms with E-state index in [0.717, 1.165) is 11.3 Å². The van der Waals surface area contributed by atoms with Crippen molar-refractivity contribution in [2.24, 2.45) is 0 Å². The van der Waals surface area contributed by atoms with Crippen LogP contribution in [0.5, 0.6) is 5.75 Å². The van der Waals surface area contributed by atoms with Crippen molar-refractivity contribution < 1.29 is 5.11 Å². The Balaban J connectivity index is 2.19. The highest BCUT2D eigenvalue weighted by Gasteiger charge is 2.06. The van der Waals surface area contributed by atoms with Crippen molar-refractivity contribution in [1.82, 2.24) is 0 Å². The predicted octanol–water partition coefficient (Wildman–Crippen LogP) is 4.27. The van der Waals surface area contributed by atoms with Gasteiger partial charge < -0.3 is 10.4 Å². The predicted molar refractivity (Wildman–Crippen MR) is 76.4 cm³/mol. The zero-order valence-corrected chi connectivity index (χ0v) is 11.3. The minimum atomic E-state index is 0.223. The molecule has 0 saturated carbocycles. The summed E-state index contributed by atoms with van der Waals surface area (Å²) < 4.78 is 0. The van der Waals surface area contributed by atoms with E-state index in [2.05, 4.69) is 30.4 Å². The Morgan fingerprint density at radius 1 is 1.17 bits per heavy atom. The fourth-order valence-corrected chi connectivity index (χ4v) is 2.07. The summed E-state index contributed by atoms with van der Waals surface area (Å²) in [4.78, 5) is 0. The van der Waals surface area contributed by atoms with Gasteiger partial charge >= 0.3 is 0 Å². The lowest BCUT2D eigenvalue weighted by atomic mass is 10.1. The van der Waals surface area contributed by atoms with Crippen LogP contribution in [0.15, 0.2) is 36.4 Å². The molecule has 94 valence electrons. The molecule has 0 spiro atoms. The smallest absolute Gasteiger partial charge is 0.122 e. The Labute approximate surface area is 112 Å². The van der Waals surface area contributed by atoms with Crippen LogP contribution in [0, 0.1) is 13.8 Å². The van der Waals surface area contributed by atoms with Gasteiger partial charge in [-0.25, -0.2) is 0 Å². The first-order chi connectivity index (χ1) is 8.58. The molecule has 0 aromatic heterocycles. The third kappa shape index (κ3) is 2.77. The van der Waals surface area contributed by atoms with E-state index in [9.17, 15) is 5.11 Å². The molecule has 0 radical (unpaired) electrons. The number of rotatable bonds is 3. The number of anilines is 1. The molecule has 0 heterocycles. The van der Waals surface area contributed by atoms with Crippen molar-refractivity contribution in [3.8, 4) is 5.75 Å². The summed E-state index contributed by atoms with van der Waals surface area (Å²) in [7, 11) is 0. The normalized spacial score (nSPS) is 10.4. The molecule has 2 N–H and O–H groups in total. The summed E-state index contributed by atoms with van der Waals surface area (Å²) in [6.45, 7) is 4.61. The van der Waals surface area contributed by atoms with Crippen molar-refractivity contribution in [3.05, 3.63) is 58.1 Å². The number of nitrogens with one attached hydrogen (secondary N) is 1. The lowest BCUT2D eigenvalue weighted by molar-refractivity contribution is 0.469. The molecule has 0 amide bonds. The molecule has 0 atom stereocenters. The molecule has 3 heteroatoms. The summed E-state index contributed by atoms with van der Waals surface area (Å²) in [6, 6.07) is 11.4. The van der Waals surface area contributed by atoms with Crippen LogP contribution >= 0.6 is 11.6 Å². The standard InChI is InChI=1S/C15H16ClNO/c1-10-6-7-11(2)14(8-10)17-9-12-13(16)4-3-5-15(12)18/h3-8,17-18H,9H2,1-2H3. The molecule has 2 rings (SSSR count). The average Bonchev–Trinajstić information content (AvgIpc) is 2.33. The summed E-state index contributed by atoms with van der Waals surface area (Å²) >= 11 is 6.07. The molecule has 0 aliphatic heterocycles. The van der Waals surface area contributed by atoms with Crippen LogP contribution in [-0.4, -0.2) is 5.11 Å². The van der Waals surface area contributed by atoms with Gasteiger partial charge in [0.05, 0.1) is 0 Å². The number of phenolic OH excluding ortho intramolecular Hbond substituents is 1. The van der Waals surface area contributed by atoms with Gasteiger partial charge in [0, 0.05) is 22.8 Å². The first-order valence-corrected chi connectivity index (χ1v) is 6.23. The average molecular weight is 262 g/mol. The van der Waals surface area contributed by atoms with Crippen LogP contribution < -0.4 is 5.32 Å². The molecule has 0 aliphatic rings. The van der Waals surface area contributed by atoms with Crippen LogP contribution in [0.4, 0.5) is 5.69 Å². The topological polar surface area (TPSA) is 32.3 Å². The second-order valence-electron chi connectivity index (χ2n) is 4.41. The first kappa shape index (κ1) is 12.8. The summed E-state index contributed by atoms with van der Waals surface area (Å²) in [5.74, 6) is 0.223. The van der Waals surface area contributed by atoms with Crippen molar-refractivity contribution in [1.29, 1.82) is 0 Å². The molecule has 2 aromatic rings. The van der Waals surface area contributed by atoms with Gasteiger partial charge in [-0.3, -0.25) is 0 Å². The van der Waals surface area contributed by atoms with Gasteiger partial charge in [-0.2, -0.15) is 0 Å². The Bertz CT molecular complexity index is 546. The van der Waals surface area contributed by atoms with E-state index in [1.807, 2.05) is 6.92 Å². The highest BCUT2D eigenvalue weighted by molar-refractivity contribution is 6.31. The maximum Gasteiger partial charge on any atom is 0.122 e. The van der Waals surface area contributed by atoms with E-state index in [1.54, 1.807) is 18.2 Å². The molecule has 0 aliphatic carbocycles. The number of hydrogen-bond donors (Lipinski definition) is 2. The van der Waals surface area contributed by atoms with Crippen LogP contribution in [0.1, 0.15) is 16.7 Å². The van der Waals surface area contributed by atoms with Crippen LogP contribution in [0.25, 0.3) is 0 Å². The Morgan fingerprint density at radius 2 is 1.94 bits per heavy atom. The third-order valence-corrected chi connectivity index (χ3v) is 3.30. The van der Waals surface area contributed by atoms with Crippen molar-refractivity contribution in [3.63, 3.8) is 0 Å². The van der Waals surface area contributed by atoms with Crippen LogP contribution in [0.3, 0.4) is 0 Å². The SMILES string of the molecule is Cc1ccc(C)c(NCc2c(O)cccc2Cl)c1. The minimum Gasteiger partial charge on any atom is -0.508 e. The van der Waals surface area contributed by atoms with E-state index in [4.69, 9.17) is 11.6 Å². The maximum absolute atomic E-state index is 9.77. The number of aromatic hydroxyl groups is 1. The van der Waals surface area contributed by atoms with Crippen molar-refractivity contribution in [2.75, 3.05) is 5.32 Å². The van der Waals surface area contributed by atoms with Gasteiger partial charge in [-0.1, -0.05) is 29.8 Å². The van der Waals surface area contributed by atoms with Crippen LogP contribution in [-0.2, 0) is 6.54 Å². The highest BCUT2D eigenvalue weighted by Crippen LogP contribution is 2.26. The lowest BCUT2D eigenvalue weighted by Crippen LogP contribution is -2.02. The van der Waals surface area contributed by atoms with Crippen molar-refractivity contribution >= 4 is 17.3 Å². The zero-order valence-electron chi connectivity index (χ0n) is 10.5. The van der Waals surface area contributed by atoms with E-state index < -0.39 is 0 Å². The summed E-state index contributed by atoms with van der Waals surface area (Å²) in [5.41, 5.74) is 4.16. The first-order valence-electron chi connectivity index (χ1n) is 5.85. The van der Waals surface area contributed by atoms with Gasteiger partial charge in [0.2, 0.25) is 0 Å².